The Morgan fingerprint density at radius 1 is 1.47 bits per heavy atom. The molecule has 0 aliphatic rings. The molecule has 4 heteroatoms. The van der Waals surface area contributed by atoms with Crippen molar-refractivity contribution in [2.75, 3.05) is 7.11 Å². The highest BCUT2D eigenvalue weighted by Gasteiger charge is 2.15. The SMILES string of the molecule is C=C(C)CCc1c(OC)cc(O)c2ccc(=O)oc12. The third-order valence-electron chi connectivity index (χ3n) is 2.97. The van der Waals surface area contributed by atoms with Crippen LogP contribution in [0.5, 0.6) is 11.5 Å². The lowest BCUT2D eigenvalue weighted by Crippen LogP contribution is -2.00. The van der Waals surface area contributed by atoms with Crippen LogP contribution in [0.3, 0.4) is 0 Å². The molecule has 4 nitrogen and oxygen atoms in total. The first-order valence-electron chi connectivity index (χ1n) is 6.00. The predicted octanol–water partition coefficient (Wildman–Crippen LogP) is 3.02. The van der Waals surface area contributed by atoms with Crippen molar-refractivity contribution in [3.63, 3.8) is 0 Å². The quantitative estimate of drug-likeness (QED) is 0.678. The van der Waals surface area contributed by atoms with E-state index in [1.54, 1.807) is 6.07 Å². The molecule has 0 spiro atoms. The minimum Gasteiger partial charge on any atom is -0.507 e. The number of hydrogen-bond acceptors (Lipinski definition) is 4. The third kappa shape index (κ3) is 2.62. The summed E-state index contributed by atoms with van der Waals surface area (Å²) in [5.41, 5.74) is 1.74. The Morgan fingerprint density at radius 2 is 2.21 bits per heavy atom. The Labute approximate surface area is 110 Å². The van der Waals surface area contributed by atoms with Crippen LogP contribution < -0.4 is 10.4 Å². The molecule has 0 atom stereocenters. The van der Waals surface area contributed by atoms with Gasteiger partial charge in [0.25, 0.3) is 0 Å². The maximum Gasteiger partial charge on any atom is 0.336 e. The fraction of sp³-hybridized carbons (Fsp3) is 0.267. The number of phenolic OH excluding ortho intramolecular Hbond substituents is 1. The molecule has 2 aromatic rings. The monoisotopic (exact) mass is 260 g/mol. The number of rotatable bonds is 4. The summed E-state index contributed by atoms with van der Waals surface area (Å²) in [5, 5.41) is 10.4. The fourth-order valence-corrected chi connectivity index (χ4v) is 2.00. The lowest BCUT2D eigenvalue weighted by Gasteiger charge is -2.12. The number of benzene rings is 1. The van der Waals surface area contributed by atoms with Crippen LogP contribution in [0.25, 0.3) is 11.0 Å². The number of ether oxygens (including phenoxy) is 1. The van der Waals surface area contributed by atoms with Gasteiger partial charge in [-0.3, -0.25) is 0 Å². The van der Waals surface area contributed by atoms with Crippen LogP contribution >= 0.6 is 0 Å². The average Bonchev–Trinajstić information content (AvgIpc) is 2.36. The molecule has 19 heavy (non-hydrogen) atoms. The highest BCUT2D eigenvalue weighted by molar-refractivity contribution is 5.88. The van der Waals surface area contributed by atoms with Gasteiger partial charge in [-0.15, -0.1) is 6.58 Å². The van der Waals surface area contributed by atoms with Gasteiger partial charge in [-0.05, 0) is 25.8 Å². The van der Waals surface area contributed by atoms with Gasteiger partial charge in [0.05, 0.1) is 12.5 Å². The van der Waals surface area contributed by atoms with Crippen LogP contribution in [-0.4, -0.2) is 12.2 Å². The van der Waals surface area contributed by atoms with Gasteiger partial charge in [0, 0.05) is 17.7 Å². The highest BCUT2D eigenvalue weighted by Crippen LogP contribution is 2.35. The molecule has 1 N–H and O–H groups in total. The zero-order valence-electron chi connectivity index (χ0n) is 11.0. The maximum atomic E-state index is 11.4. The Balaban J connectivity index is 2.69. The van der Waals surface area contributed by atoms with Crippen molar-refractivity contribution < 1.29 is 14.3 Å². The summed E-state index contributed by atoms with van der Waals surface area (Å²) in [6.07, 6.45) is 1.40. The number of aryl methyl sites for hydroxylation is 1. The van der Waals surface area contributed by atoms with Gasteiger partial charge in [-0.25, -0.2) is 4.79 Å². The van der Waals surface area contributed by atoms with E-state index in [2.05, 4.69) is 6.58 Å². The van der Waals surface area contributed by atoms with Crippen molar-refractivity contribution in [1.82, 2.24) is 0 Å². The third-order valence-corrected chi connectivity index (χ3v) is 2.97. The Morgan fingerprint density at radius 3 is 2.84 bits per heavy atom. The summed E-state index contributed by atoms with van der Waals surface area (Å²) in [6, 6.07) is 4.38. The first-order chi connectivity index (χ1) is 9.02. The second-order valence-electron chi connectivity index (χ2n) is 4.53. The maximum absolute atomic E-state index is 11.4. The summed E-state index contributed by atoms with van der Waals surface area (Å²) in [5.74, 6) is 0.551. The summed E-state index contributed by atoms with van der Waals surface area (Å²) in [6.45, 7) is 5.79. The minimum atomic E-state index is -0.447. The van der Waals surface area contributed by atoms with Crippen LogP contribution in [0.1, 0.15) is 18.9 Å². The van der Waals surface area contributed by atoms with Gasteiger partial charge in [-0.1, -0.05) is 5.57 Å². The average molecular weight is 260 g/mol. The van der Waals surface area contributed by atoms with E-state index in [1.807, 2.05) is 6.92 Å². The molecule has 0 bridgehead atoms. The summed E-state index contributed by atoms with van der Waals surface area (Å²) < 4.78 is 10.5. The second kappa shape index (κ2) is 5.18. The summed E-state index contributed by atoms with van der Waals surface area (Å²) in [4.78, 5) is 11.4. The molecular formula is C15H16O4. The number of phenols is 1. The minimum absolute atomic E-state index is 0.0367. The normalized spacial score (nSPS) is 10.6. The van der Waals surface area contributed by atoms with E-state index in [-0.39, 0.29) is 5.75 Å². The molecule has 0 fully saturated rings. The van der Waals surface area contributed by atoms with E-state index in [0.29, 0.717) is 23.1 Å². The van der Waals surface area contributed by atoms with Gasteiger partial charge >= 0.3 is 5.63 Å². The van der Waals surface area contributed by atoms with E-state index < -0.39 is 5.63 Å². The molecule has 0 aliphatic heterocycles. The molecule has 1 aromatic heterocycles. The standard InChI is InChI=1S/C15H16O4/c1-9(2)4-5-11-13(18-3)8-12(16)10-6-7-14(17)19-15(10)11/h6-8,16H,1,4-5H2,2-3H3. The number of methoxy groups -OCH3 is 1. The molecular weight excluding hydrogens is 244 g/mol. The van der Waals surface area contributed by atoms with Crippen molar-refractivity contribution in [3.05, 3.63) is 46.3 Å². The molecule has 0 radical (unpaired) electrons. The lowest BCUT2D eigenvalue weighted by molar-refractivity contribution is 0.402. The molecule has 1 heterocycles. The number of fused-ring (bicyclic) bond motifs is 1. The second-order valence-corrected chi connectivity index (χ2v) is 4.53. The fourth-order valence-electron chi connectivity index (χ4n) is 2.00. The molecule has 0 saturated heterocycles. The number of hydrogen-bond donors (Lipinski definition) is 1. The van der Waals surface area contributed by atoms with E-state index in [0.717, 1.165) is 17.6 Å². The van der Waals surface area contributed by atoms with Gasteiger partial charge in [0.15, 0.2) is 0 Å². The highest BCUT2D eigenvalue weighted by atomic mass is 16.5. The van der Waals surface area contributed by atoms with E-state index >= 15 is 0 Å². The van der Waals surface area contributed by atoms with Crippen molar-refractivity contribution in [2.45, 2.75) is 19.8 Å². The molecule has 2 rings (SSSR count). The van der Waals surface area contributed by atoms with Gasteiger partial charge in [0.2, 0.25) is 0 Å². The van der Waals surface area contributed by atoms with Gasteiger partial charge < -0.3 is 14.3 Å². The first kappa shape index (κ1) is 13.2. The van der Waals surface area contributed by atoms with Crippen molar-refractivity contribution in [1.29, 1.82) is 0 Å². The molecule has 0 unspecified atom stereocenters. The lowest BCUT2D eigenvalue weighted by atomic mass is 10.0. The predicted molar refractivity (Wildman–Crippen MR) is 73.8 cm³/mol. The topological polar surface area (TPSA) is 59.7 Å². The molecule has 0 saturated carbocycles. The Hall–Kier alpha value is -2.23. The first-order valence-corrected chi connectivity index (χ1v) is 6.00. The zero-order chi connectivity index (χ0) is 14.0. The smallest absolute Gasteiger partial charge is 0.336 e. The summed E-state index contributed by atoms with van der Waals surface area (Å²) >= 11 is 0. The van der Waals surface area contributed by atoms with Crippen LogP contribution in [0.4, 0.5) is 0 Å². The molecule has 0 aliphatic carbocycles. The van der Waals surface area contributed by atoms with E-state index in [1.165, 1.54) is 19.2 Å². The molecule has 100 valence electrons. The van der Waals surface area contributed by atoms with Crippen molar-refractivity contribution in [2.24, 2.45) is 0 Å². The van der Waals surface area contributed by atoms with Crippen LogP contribution in [0, 0.1) is 0 Å². The van der Waals surface area contributed by atoms with Crippen molar-refractivity contribution in [3.8, 4) is 11.5 Å². The van der Waals surface area contributed by atoms with Gasteiger partial charge in [-0.2, -0.15) is 0 Å². The largest absolute Gasteiger partial charge is 0.507 e. The Bertz CT molecular complexity index is 682. The van der Waals surface area contributed by atoms with Gasteiger partial charge in [0.1, 0.15) is 17.1 Å². The van der Waals surface area contributed by atoms with Crippen molar-refractivity contribution >= 4 is 11.0 Å². The van der Waals surface area contributed by atoms with Crippen LogP contribution in [-0.2, 0) is 6.42 Å². The number of aromatic hydroxyl groups is 1. The van der Waals surface area contributed by atoms with E-state index in [9.17, 15) is 9.90 Å². The van der Waals surface area contributed by atoms with Crippen LogP contribution in [0.2, 0.25) is 0 Å². The number of allylic oxidation sites excluding steroid dienone is 1. The molecule has 1 aromatic carbocycles. The van der Waals surface area contributed by atoms with Crippen LogP contribution in [0.15, 0.2) is 39.6 Å². The zero-order valence-corrected chi connectivity index (χ0v) is 11.0. The Kier molecular flexibility index (Phi) is 3.60. The summed E-state index contributed by atoms with van der Waals surface area (Å²) in [7, 11) is 1.52. The van der Waals surface area contributed by atoms with E-state index in [4.69, 9.17) is 9.15 Å². The molecule has 0 amide bonds.